The van der Waals surface area contributed by atoms with Gasteiger partial charge in [-0.2, -0.15) is 27.1 Å². The summed E-state index contributed by atoms with van der Waals surface area (Å²) in [6.07, 6.45) is -1.38. The zero-order chi connectivity index (χ0) is 29.1. The van der Waals surface area contributed by atoms with Crippen molar-refractivity contribution in [1.82, 2.24) is 15.1 Å². The number of ether oxygens (including phenoxy) is 1. The summed E-state index contributed by atoms with van der Waals surface area (Å²) < 4.78 is 95.0. The Morgan fingerprint density at radius 3 is 2.41 bits per heavy atom. The Morgan fingerprint density at radius 1 is 1.23 bits per heavy atom. The van der Waals surface area contributed by atoms with Gasteiger partial charge in [0.15, 0.2) is 5.69 Å². The van der Waals surface area contributed by atoms with Gasteiger partial charge in [-0.3, -0.25) is 9.48 Å². The van der Waals surface area contributed by atoms with E-state index in [0.717, 1.165) is 13.0 Å². The van der Waals surface area contributed by atoms with E-state index in [2.05, 4.69) is 15.2 Å². The number of benzene rings is 1. The smallest absolute Gasteiger partial charge is 0.391 e. The van der Waals surface area contributed by atoms with Crippen LogP contribution in [0.2, 0.25) is 5.02 Å². The number of alkyl halides is 5. The number of nitrogens with zero attached hydrogens (tertiary/aromatic N) is 2. The minimum Gasteiger partial charge on any atom is -0.434 e. The maximum atomic E-state index is 13.2. The van der Waals surface area contributed by atoms with Crippen molar-refractivity contribution in [3.8, 4) is 17.0 Å². The number of carbonyl (C=O) groups excluding carboxylic acids is 1. The molecular formula is C25H31ClF5N3O4S. The van der Waals surface area contributed by atoms with E-state index in [0.29, 0.717) is 25.7 Å². The maximum Gasteiger partial charge on any atom is 0.391 e. The summed E-state index contributed by atoms with van der Waals surface area (Å²) in [5, 5.41) is 6.50. The van der Waals surface area contributed by atoms with Gasteiger partial charge in [0.2, 0.25) is 0 Å². The third-order valence-corrected chi connectivity index (χ3v) is 9.02. The highest BCUT2D eigenvalue weighted by atomic mass is 35.5. The van der Waals surface area contributed by atoms with E-state index >= 15 is 0 Å². The molecule has 218 valence electrons. The largest absolute Gasteiger partial charge is 0.434 e. The van der Waals surface area contributed by atoms with Gasteiger partial charge < -0.3 is 10.1 Å². The Balaban J connectivity index is 1.83. The van der Waals surface area contributed by atoms with Crippen LogP contribution in [0.5, 0.6) is 5.75 Å². The minimum atomic E-state index is -4.46. The quantitative estimate of drug-likeness (QED) is 0.344. The lowest BCUT2D eigenvalue weighted by atomic mass is 9.89. The third-order valence-electron chi connectivity index (χ3n) is 6.98. The van der Waals surface area contributed by atoms with E-state index in [1.165, 1.54) is 23.1 Å². The molecule has 1 N–H and O–H groups in total. The molecule has 1 aliphatic carbocycles. The first kappa shape index (κ1) is 31.1. The second-order valence-electron chi connectivity index (χ2n) is 9.87. The van der Waals surface area contributed by atoms with Crippen LogP contribution in [0, 0.1) is 11.8 Å². The number of hydrogen-bond donors (Lipinski definition) is 1. The van der Waals surface area contributed by atoms with Crippen LogP contribution < -0.4 is 10.1 Å². The molecule has 1 saturated carbocycles. The molecule has 39 heavy (non-hydrogen) atoms. The molecule has 1 heterocycles. The molecule has 1 fully saturated rings. The van der Waals surface area contributed by atoms with Crippen LogP contribution in [-0.2, 0) is 22.8 Å². The van der Waals surface area contributed by atoms with Gasteiger partial charge in [0, 0.05) is 24.9 Å². The molecule has 0 radical (unpaired) electrons. The van der Waals surface area contributed by atoms with Crippen molar-refractivity contribution < 1.29 is 39.9 Å². The average Bonchev–Trinajstić information content (AvgIpc) is 3.17. The van der Waals surface area contributed by atoms with E-state index < -0.39 is 40.9 Å². The molecule has 14 heteroatoms. The Hall–Kier alpha value is -2.41. The summed E-state index contributed by atoms with van der Waals surface area (Å²) in [6, 6.07) is 3.80. The van der Waals surface area contributed by atoms with Crippen molar-refractivity contribution >= 4 is 27.3 Å². The first-order valence-corrected chi connectivity index (χ1v) is 14.8. The summed E-state index contributed by atoms with van der Waals surface area (Å²) in [5.41, 5.74) is 0.165. The van der Waals surface area contributed by atoms with E-state index in [9.17, 15) is 35.2 Å². The van der Waals surface area contributed by atoms with Crippen molar-refractivity contribution in [2.24, 2.45) is 11.8 Å². The van der Waals surface area contributed by atoms with Crippen molar-refractivity contribution in [2.45, 2.75) is 70.5 Å². The third kappa shape index (κ3) is 7.84. The topological polar surface area (TPSA) is 90.3 Å². The number of halogens is 6. The summed E-state index contributed by atoms with van der Waals surface area (Å²) in [5.74, 6) is -2.60. The summed E-state index contributed by atoms with van der Waals surface area (Å²) in [7, 11) is -3.11. The standard InChI is InChI=1S/C25H31ClF5N3O4S/c1-4-34-22(18-10-7-16(11-14(2)25(29,30)31)12-19(18)38-24(27)28)20(26)21(33-34)23(35)32-13-15-5-8-17(9-6-15)39(3,36)37/h7,10,12,14-15,17,24H,4-6,8-9,11,13H2,1-3H3,(H,32,35)/t14-,15?,17?/m1/s1. The SMILES string of the molecule is CCn1nc(C(=O)NCC2CCC(S(C)(=O)=O)CC2)c(Cl)c1-c1ccc(C[C@@H](C)C(F)(F)F)cc1OC(F)F. The highest BCUT2D eigenvalue weighted by Crippen LogP contribution is 2.39. The lowest BCUT2D eigenvalue weighted by molar-refractivity contribution is -0.169. The lowest BCUT2D eigenvalue weighted by Gasteiger charge is -2.27. The molecule has 2 aromatic rings. The van der Waals surface area contributed by atoms with E-state index in [1.807, 2.05) is 0 Å². The fourth-order valence-corrected chi connectivity index (χ4v) is 6.16. The van der Waals surface area contributed by atoms with Gasteiger partial charge in [0.05, 0.1) is 21.9 Å². The molecule has 1 aromatic carbocycles. The average molecular weight is 600 g/mol. The molecule has 0 aliphatic heterocycles. The second kappa shape index (κ2) is 12.4. The predicted octanol–water partition coefficient (Wildman–Crippen LogP) is 5.90. The Morgan fingerprint density at radius 2 is 1.87 bits per heavy atom. The van der Waals surface area contributed by atoms with E-state index in [-0.39, 0.29) is 57.5 Å². The highest BCUT2D eigenvalue weighted by Gasteiger charge is 2.36. The molecule has 0 spiro atoms. The molecule has 0 saturated heterocycles. The van der Waals surface area contributed by atoms with Gasteiger partial charge in [-0.15, -0.1) is 0 Å². The number of sulfone groups is 1. The monoisotopic (exact) mass is 599 g/mol. The number of nitrogens with one attached hydrogen (secondary N) is 1. The zero-order valence-corrected chi connectivity index (χ0v) is 23.3. The van der Waals surface area contributed by atoms with Gasteiger partial charge in [-0.25, -0.2) is 8.42 Å². The number of aromatic nitrogens is 2. The number of amides is 1. The maximum absolute atomic E-state index is 13.2. The summed E-state index contributed by atoms with van der Waals surface area (Å²) >= 11 is 6.52. The van der Waals surface area contributed by atoms with Gasteiger partial charge >= 0.3 is 12.8 Å². The molecule has 1 aromatic heterocycles. The molecule has 1 atom stereocenters. The van der Waals surface area contributed by atoms with Crippen LogP contribution in [0.25, 0.3) is 11.3 Å². The summed E-state index contributed by atoms with van der Waals surface area (Å²) in [4.78, 5) is 13.0. The van der Waals surface area contributed by atoms with Crippen molar-refractivity contribution in [3.63, 3.8) is 0 Å². The summed E-state index contributed by atoms with van der Waals surface area (Å²) in [6.45, 7) is -0.0736. The van der Waals surface area contributed by atoms with Crippen molar-refractivity contribution in [1.29, 1.82) is 0 Å². The first-order valence-electron chi connectivity index (χ1n) is 12.5. The van der Waals surface area contributed by atoms with Crippen LogP contribution in [0.4, 0.5) is 22.0 Å². The molecule has 0 bridgehead atoms. The highest BCUT2D eigenvalue weighted by molar-refractivity contribution is 7.91. The lowest BCUT2D eigenvalue weighted by Crippen LogP contribution is -2.34. The fourth-order valence-electron chi connectivity index (χ4n) is 4.71. The fraction of sp³-hybridized carbons (Fsp3) is 0.600. The molecule has 3 rings (SSSR count). The molecule has 1 amide bonds. The second-order valence-corrected chi connectivity index (χ2v) is 12.6. The molecule has 0 unspecified atom stereocenters. The van der Waals surface area contributed by atoms with Crippen LogP contribution in [-0.4, -0.2) is 54.9 Å². The van der Waals surface area contributed by atoms with Crippen LogP contribution in [0.1, 0.15) is 55.6 Å². The van der Waals surface area contributed by atoms with Crippen LogP contribution in [0.15, 0.2) is 18.2 Å². The number of aryl methyl sites for hydroxylation is 1. The zero-order valence-electron chi connectivity index (χ0n) is 21.7. The van der Waals surface area contributed by atoms with Gasteiger partial charge in [-0.05, 0) is 62.6 Å². The van der Waals surface area contributed by atoms with E-state index in [4.69, 9.17) is 11.6 Å². The number of hydrogen-bond acceptors (Lipinski definition) is 5. The Bertz CT molecular complexity index is 1280. The number of rotatable bonds is 10. The minimum absolute atomic E-state index is 0.0520. The van der Waals surface area contributed by atoms with Crippen LogP contribution >= 0.6 is 11.6 Å². The Labute approximate surface area is 229 Å². The molecule has 1 aliphatic rings. The van der Waals surface area contributed by atoms with Crippen molar-refractivity contribution in [3.05, 3.63) is 34.5 Å². The first-order chi connectivity index (χ1) is 18.1. The van der Waals surface area contributed by atoms with Crippen LogP contribution in [0.3, 0.4) is 0 Å². The van der Waals surface area contributed by atoms with Gasteiger partial charge in [-0.1, -0.05) is 24.6 Å². The Kier molecular flexibility index (Phi) is 9.90. The normalized spacial score (nSPS) is 19.2. The van der Waals surface area contributed by atoms with E-state index in [1.54, 1.807) is 6.92 Å². The van der Waals surface area contributed by atoms with Crippen molar-refractivity contribution in [2.75, 3.05) is 12.8 Å². The van der Waals surface area contributed by atoms with Gasteiger partial charge in [0.1, 0.15) is 15.6 Å². The predicted molar refractivity (Wildman–Crippen MR) is 137 cm³/mol. The molecule has 7 nitrogen and oxygen atoms in total. The van der Waals surface area contributed by atoms with Gasteiger partial charge in [0.25, 0.3) is 5.91 Å². The molecular weight excluding hydrogens is 569 g/mol. The number of carbonyl (C=O) groups is 1.